The number of nitrogens with zero attached hydrogens (tertiary/aromatic N) is 1. The Bertz CT molecular complexity index is 624. The fourth-order valence-electron chi connectivity index (χ4n) is 1.46. The van der Waals surface area contributed by atoms with Crippen molar-refractivity contribution in [2.24, 2.45) is 12.8 Å². The molecule has 17 heavy (non-hydrogen) atoms. The van der Waals surface area contributed by atoms with Gasteiger partial charge in [0.1, 0.15) is 0 Å². The number of benzene rings is 1. The summed E-state index contributed by atoms with van der Waals surface area (Å²) in [5.74, 6) is -0.714. The van der Waals surface area contributed by atoms with Crippen LogP contribution in [0.4, 0.5) is 5.69 Å². The Hall–Kier alpha value is -2.08. The molecule has 2 rings (SSSR count). The Labute approximate surface area is 97.0 Å². The summed E-state index contributed by atoms with van der Waals surface area (Å²) in [5, 5.41) is 2.65. The molecule has 0 radical (unpaired) electrons. The number of aromatic nitrogens is 1. The van der Waals surface area contributed by atoms with Gasteiger partial charge in [0.25, 0.3) is 0 Å². The van der Waals surface area contributed by atoms with Gasteiger partial charge in [-0.25, -0.2) is 4.79 Å². The first-order chi connectivity index (χ1) is 7.99. The van der Waals surface area contributed by atoms with E-state index >= 15 is 0 Å². The molecule has 0 saturated carbocycles. The van der Waals surface area contributed by atoms with E-state index in [4.69, 9.17) is 10.2 Å². The highest BCUT2D eigenvalue weighted by atomic mass is 16.4. The van der Waals surface area contributed by atoms with Crippen LogP contribution in [0, 0.1) is 0 Å². The number of nitrogens with one attached hydrogen (secondary N) is 1. The molecule has 6 heteroatoms. The van der Waals surface area contributed by atoms with Gasteiger partial charge in [0.2, 0.25) is 5.91 Å². The molecular weight excluding hydrogens is 222 g/mol. The molecule has 0 aliphatic rings. The second-order valence-electron chi connectivity index (χ2n) is 3.89. The maximum Gasteiger partial charge on any atom is 0.419 e. The zero-order chi connectivity index (χ0) is 12.6. The summed E-state index contributed by atoms with van der Waals surface area (Å²) in [5.41, 5.74) is 7.13. The molecule has 0 fully saturated rings. The quantitative estimate of drug-likeness (QED) is 0.789. The number of carbonyl (C=O) groups is 1. The molecule has 1 heterocycles. The summed E-state index contributed by atoms with van der Waals surface area (Å²) in [6.07, 6.45) is 0. The average molecular weight is 235 g/mol. The molecule has 0 unspecified atom stereocenters. The van der Waals surface area contributed by atoms with E-state index in [2.05, 4.69) is 5.32 Å². The second-order valence-corrected chi connectivity index (χ2v) is 3.89. The van der Waals surface area contributed by atoms with Crippen molar-refractivity contribution in [2.45, 2.75) is 13.0 Å². The van der Waals surface area contributed by atoms with Gasteiger partial charge in [-0.2, -0.15) is 0 Å². The Morgan fingerprint density at radius 1 is 1.53 bits per heavy atom. The SMILES string of the molecule is C[C@@H](N)C(=O)Nc1ccc2oc(=O)n(C)c2c1. The summed E-state index contributed by atoms with van der Waals surface area (Å²) in [4.78, 5) is 22.7. The monoisotopic (exact) mass is 235 g/mol. The first-order valence-electron chi connectivity index (χ1n) is 5.15. The molecule has 0 spiro atoms. The number of hydrogen-bond acceptors (Lipinski definition) is 4. The molecule has 1 aromatic carbocycles. The van der Waals surface area contributed by atoms with Gasteiger partial charge in [0, 0.05) is 12.7 Å². The lowest BCUT2D eigenvalue weighted by Gasteiger charge is -2.07. The lowest BCUT2D eigenvalue weighted by molar-refractivity contribution is -0.117. The highest BCUT2D eigenvalue weighted by Crippen LogP contribution is 2.17. The zero-order valence-electron chi connectivity index (χ0n) is 9.56. The maximum absolute atomic E-state index is 11.4. The van der Waals surface area contributed by atoms with Crippen molar-refractivity contribution < 1.29 is 9.21 Å². The summed E-state index contributed by atoms with van der Waals surface area (Å²) in [6.45, 7) is 1.60. The van der Waals surface area contributed by atoms with E-state index in [-0.39, 0.29) is 5.91 Å². The van der Waals surface area contributed by atoms with Gasteiger partial charge >= 0.3 is 5.76 Å². The molecule has 3 N–H and O–H groups in total. The largest absolute Gasteiger partial charge is 0.419 e. The van der Waals surface area contributed by atoms with Crippen LogP contribution in [0.2, 0.25) is 0 Å². The number of nitrogens with two attached hydrogens (primary N) is 1. The average Bonchev–Trinajstić information content (AvgIpc) is 2.55. The van der Waals surface area contributed by atoms with Crippen molar-refractivity contribution in [1.82, 2.24) is 4.57 Å². The molecule has 2 aromatic rings. The molecule has 6 nitrogen and oxygen atoms in total. The van der Waals surface area contributed by atoms with Crippen LogP contribution in [0.15, 0.2) is 27.4 Å². The van der Waals surface area contributed by atoms with Crippen LogP contribution >= 0.6 is 0 Å². The van der Waals surface area contributed by atoms with E-state index in [1.807, 2.05) is 0 Å². The highest BCUT2D eigenvalue weighted by molar-refractivity contribution is 5.95. The Kier molecular flexibility index (Phi) is 2.72. The van der Waals surface area contributed by atoms with Gasteiger partial charge < -0.3 is 15.5 Å². The minimum Gasteiger partial charge on any atom is -0.408 e. The molecule has 0 aliphatic carbocycles. The summed E-state index contributed by atoms with van der Waals surface area (Å²) in [7, 11) is 1.60. The zero-order valence-corrected chi connectivity index (χ0v) is 9.56. The third kappa shape index (κ3) is 2.07. The lowest BCUT2D eigenvalue weighted by atomic mass is 10.2. The number of oxazole rings is 1. The number of amides is 1. The third-order valence-corrected chi connectivity index (χ3v) is 2.47. The van der Waals surface area contributed by atoms with Gasteiger partial charge in [0.15, 0.2) is 5.58 Å². The smallest absolute Gasteiger partial charge is 0.408 e. The van der Waals surface area contributed by atoms with E-state index in [1.54, 1.807) is 32.2 Å². The van der Waals surface area contributed by atoms with Crippen LogP contribution in [0.5, 0.6) is 0 Å². The minimum absolute atomic E-state index is 0.280. The van der Waals surface area contributed by atoms with Gasteiger partial charge in [0.05, 0.1) is 11.6 Å². The predicted molar refractivity (Wildman–Crippen MR) is 63.7 cm³/mol. The number of hydrogen-bond donors (Lipinski definition) is 2. The molecular formula is C11H13N3O3. The molecule has 0 bridgehead atoms. The molecule has 1 atom stereocenters. The molecule has 1 aromatic heterocycles. The van der Waals surface area contributed by atoms with Gasteiger partial charge in [-0.15, -0.1) is 0 Å². The van der Waals surface area contributed by atoms with Crippen LogP contribution in [-0.2, 0) is 11.8 Å². The van der Waals surface area contributed by atoms with Crippen LogP contribution in [-0.4, -0.2) is 16.5 Å². The maximum atomic E-state index is 11.4. The fourth-order valence-corrected chi connectivity index (χ4v) is 1.46. The Balaban J connectivity index is 2.41. The van der Waals surface area contributed by atoms with Crippen LogP contribution in [0.25, 0.3) is 11.1 Å². The Morgan fingerprint density at radius 2 is 2.24 bits per heavy atom. The number of fused-ring (bicyclic) bond motifs is 1. The minimum atomic E-state index is -0.584. The normalized spacial score (nSPS) is 12.6. The van der Waals surface area contributed by atoms with E-state index in [0.29, 0.717) is 16.8 Å². The molecule has 1 amide bonds. The number of carbonyl (C=O) groups excluding carboxylic acids is 1. The molecule has 0 saturated heterocycles. The predicted octanol–water partition coefficient (Wildman–Crippen LogP) is 0.417. The number of aryl methyl sites for hydroxylation is 1. The van der Waals surface area contributed by atoms with Crippen molar-refractivity contribution in [3.8, 4) is 0 Å². The summed E-state index contributed by atoms with van der Waals surface area (Å²) in [6, 6.07) is 4.37. The molecule has 0 aliphatic heterocycles. The molecule has 90 valence electrons. The van der Waals surface area contributed by atoms with Gasteiger partial charge in [-0.3, -0.25) is 9.36 Å². The fraction of sp³-hybridized carbons (Fsp3) is 0.273. The van der Waals surface area contributed by atoms with E-state index in [9.17, 15) is 9.59 Å². The van der Waals surface area contributed by atoms with Gasteiger partial charge in [-0.05, 0) is 25.1 Å². The summed E-state index contributed by atoms with van der Waals surface area (Å²) < 4.78 is 6.35. The topological polar surface area (TPSA) is 90.3 Å². The van der Waals surface area contributed by atoms with Crippen molar-refractivity contribution in [3.05, 3.63) is 28.7 Å². The van der Waals surface area contributed by atoms with Crippen molar-refractivity contribution >= 4 is 22.7 Å². The van der Waals surface area contributed by atoms with E-state index in [1.165, 1.54) is 4.57 Å². The van der Waals surface area contributed by atoms with Crippen molar-refractivity contribution in [3.63, 3.8) is 0 Å². The van der Waals surface area contributed by atoms with Crippen LogP contribution in [0.3, 0.4) is 0 Å². The van der Waals surface area contributed by atoms with Crippen molar-refractivity contribution in [2.75, 3.05) is 5.32 Å². The summed E-state index contributed by atoms with van der Waals surface area (Å²) >= 11 is 0. The van der Waals surface area contributed by atoms with Crippen molar-refractivity contribution in [1.29, 1.82) is 0 Å². The van der Waals surface area contributed by atoms with Crippen LogP contribution < -0.4 is 16.8 Å². The highest BCUT2D eigenvalue weighted by Gasteiger charge is 2.10. The first kappa shape index (κ1) is 11.4. The third-order valence-electron chi connectivity index (χ3n) is 2.47. The lowest BCUT2D eigenvalue weighted by Crippen LogP contribution is -2.32. The first-order valence-corrected chi connectivity index (χ1v) is 5.15. The van der Waals surface area contributed by atoms with E-state index in [0.717, 1.165) is 0 Å². The number of rotatable bonds is 2. The Morgan fingerprint density at radius 3 is 2.88 bits per heavy atom. The van der Waals surface area contributed by atoms with E-state index < -0.39 is 11.8 Å². The van der Waals surface area contributed by atoms with Crippen LogP contribution in [0.1, 0.15) is 6.92 Å². The number of anilines is 1. The second kappa shape index (κ2) is 4.06. The van der Waals surface area contributed by atoms with Gasteiger partial charge in [-0.1, -0.05) is 0 Å². The standard InChI is InChI=1S/C11H13N3O3/c1-6(12)10(15)13-7-3-4-9-8(5-7)14(2)11(16)17-9/h3-6H,12H2,1-2H3,(H,13,15)/t6-/m1/s1.